The third kappa shape index (κ3) is 6.31. The third-order valence-electron chi connectivity index (χ3n) is 13.0. The van der Waals surface area contributed by atoms with Crippen LogP contribution in [0.5, 0.6) is 0 Å². The summed E-state index contributed by atoms with van der Waals surface area (Å²) in [6.45, 7) is 0. The lowest BCUT2D eigenvalue weighted by Crippen LogP contribution is -2.25. The maximum atomic E-state index is 15.9. The van der Waals surface area contributed by atoms with Crippen molar-refractivity contribution in [3.05, 3.63) is 230 Å². The van der Waals surface area contributed by atoms with E-state index >= 15 is 4.57 Å². The average molecular weight is 879 g/mol. The Balaban J connectivity index is 1.07. The number of rotatable bonds is 7. The zero-order chi connectivity index (χ0) is 44.5. The van der Waals surface area contributed by atoms with Gasteiger partial charge in [0.25, 0.3) is 0 Å². The first-order chi connectivity index (χ1) is 33.1. The number of hydrogen-bond acceptors (Lipinski definition) is 5. The van der Waals surface area contributed by atoms with E-state index in [1.54, 1.807) is 0 Å². The lowest BCUT2D eigenvalue weighted by Gasteiger charge is -2.21. The molecule has 0 spiro atoms. The van der Waals surface area contributed by atoms with Gasteiger partial charge < -0.3 is 9.13 Å². The van der Waals surface area contributed by atoms with Crippen molar-refractivity contribution < 1.29 is 4.57 Å². The van der Waals surface area contributed by atoms with E-state index < -0.39 is 7.14 Å². The van der Waals surface area contributed by atoms with Crippen molar-refractivity contribution in [2.75, 3.05) is 0 Å². The second-order valence-electron chi connectivity index (χ2n) is 16.9. The minimum Gasteiger partial charge on any atom is -0.309 e. The highest BCUT2D eigenvalue weighted by Crippen LogP contribution is 2.45. The molecule has 0 aliphatic heterocycles. The lowest BCUT2D eigenvalue weighted by molar-refractivity contribution is 0.592. The van der Waals surface area contributed by atoms with Crippen molar-refractivity contribution in [1.29, 1.82) is 0 Å². The number of benzene rings is 8. The molecule has 0 saturated carbocycles. The molecule has 0 fully saturated rings. The third-order valence-corrected chi connectivity index (χ3v) is 16.1. The second kappa shape index (κ2) is 15.6. The maximum Gasteiger partial charge on any atom is 0.171 e. The van der Waals surface area contributed by atoms with Crippen molar-refractivity contribution in [1.82, 2.24) is 28.9 Å². The highest BCUT2D eigenvalue weighted by Gasteiger charge is 2.31. The summed E-state index contributed by atoms with van der Waals surface area (Å²) in [6.07, 6.45) is 9.21. The molecule has 8 aromatic carbocycles. The molecule has 0 atom stereocenters. The fourth-order valence-corrected chi connectivity index (χ4v) is 12.6. The number of fused-ring (bicyclic) bond motifs is 11. The number of allylic oxidation sites excluding steroid dienone is 3. The van der Waals surface area contributed by atoms with Crippen LogP contribution in [0.1, 0.15) is 11.4 Å². The number of pyridine rings is 1. The Morgan fingerprint density at radius 2 is 1.01 bits per heavy atom. The molecule has 0 N–H and O–H groups in total. The Morgan fingerprint density at radius 3 is 1.70 bits per heavy atom. The van der Waals surface area contributed by atoms with Crippen LogP contribution >= 0.6 is 7.14 Å². The summed E-state index contributed by atoms with van der Waals surface area (Å²) < 4.78 is 20.5. The molecule has 0 amide bonds. The topological polar surface area (TPSA) is 78.0 Å². The molecular weight excluding hydrogens is 840 g/mol. The van der Waals surface area contributed by atoms with E-state index in [0.29, 0.717) is 23.9 Å². The van der Waals surface area contributed by atoms with E-state index in [9.17, 15) is 0 Å². The summed E-state index contributed by atoms with van der Waals surface area (Å²) in [4.78, 5) is 20.5. The highest BCUT2D eigenvalue weighted by molar-refractivity contribution is 7.85. The van der Waals surface area contributed by atoms with Gasteiger partial charge in [-0.3, -0.25) is 4.40 Å². The molecule has 0 saturated heterocycles. The van der Waals surface area contributed by atoms with Crippen LogP contribution in [0.3, 0.4) is 0 Å². The van der Waals surface area contributed by atoms with Crippen molar-refractivity contribution in [2.24, 2.45) is 0 Å². The molecule has 0 bridgehead atoms. The number of nitrogens with zero attached hydrogens (tertiary/aromatic N) is 6. The molecule has 67 heavy (non-hydrogen) atoms. The van der Waals surface area contributed by atoms with E-state index in [2.05, 4.69) is 112 Å². The monoisotopic (exact) mass is 878 g/mol. The van der Waals surface area contributed by atoms with E-state index in [1.807, 2.05) is 121 Å². The average Bonchev–Trinajstić information content (AvgIpc) is 3.83. The highest BCUT2D eigenvalue weighted by atomic mass is 31.2. The van der Waals surface area contributed by atoms with Crippen molar-refractivity contribution >= 4 is 78.3 Å². The normalized spacial score (nSPS) is 12.7. The van der Waals surface area contributed by atoms with Gasteiger partial charge in [0, 0.05) is 66.3 Å². The van der Waals surface area contributed by atoms with Crippen LogP contribution in [0.2, 0.25) is 0 Å². The molecule has 13 rings (SSSR count). The summed E-state index contributed by atoms with van der Waals surface area (Å²) in [5.41, 5.74) is 9.76. The second-order valence-corrected chi connectivity index (χ2v) is 19.7. The van der Waals surface area contributed by atoms with E-state index in [0.717, 1.165) is 98.8 Å². The van der Waals surface area contributed by atoms with E-state index in [1.165, 1.54) is 0 Å². The lowest BCUT2D eigenvalue weighted by atomic mass is 10.0. The van der Waals surface area contributed by atoms with Crippen LogP contribution in [0.4, 0.5) is 0 Å². The molecule has 12 aromatic rings. The minimum absolute atomic E-state index is 0.592. The largest absolute Gasteiger partial charge is 0.309 e. The molecule has 7 nitrogen and oxygen atoms in total. The van der Waals surface area contributed by atoms with Crippen LogP contribution in [0.15, 0.2) is 218 Å². The van der Waals surface area contributed by atoms with Crippen LogP contribution in [-0.2, 0) is 11.0 Å². The number of imidazole rings is 1. The van der Waals surface area contributed by atoms with Crippen LogP contribution in [0, 0.1) is 0 Å². The Morgan fingerprint density at radius 1 is 0.418 bits per heavy atom. The number of aromatic nitrogens is 6. The van der Waals surface area contributed by atoms with Gasteiger partial charge in [0.2, 0.25) is 0 Å². The molecule has 4 aromatic heterocycles. The fraction of sp³-hybridized carbons (Fsp3) is 0.0169. The first-order valence-electron chi connectivity index (χ1n) is 22.5. The maximum absolute atomic E-state index is 15.9. The van der Waals surface area contributed by atoms with Crippen LogP contribution < -0.4 is 15.9 Å². The smallest absolute Gasteiger partial charge is 0.171 e. The van der Waals surface area contributed by atoms with Gasteiger partial charge in [0.05, 0.1) is 27.9 Å². The van der Waals surface area contributed by atoms with Crippen molar-refractivity contribution in [2.45, 2.75) is 6.42 Å². The van der Waals surface area contributed by atoms with Crippen molar-refractivity contribution in [3.8, 4) is 39.9 Å². The molecule has 0 radical (unpaired) electrons. The summed E-state index contributed by atoms with van der Waals surface area (Å²) in [7, 11) is -3.30. The summed E-state index contributed by atoms with van der Waals surface area (Å²) in [6, 6.07) is 68.1. The number of hydrogen-bond donors (Lipinski definition) is 0. The Kier molecular flexibility index (Phi) is 9.05. The Bertz CT molecular complexity index is 3930. The minimum atomic E-state index is -3.30. The van der Waals surface area contributed by atoms with E-state index in [-0.39, 0.29) is 0 Å². The van der Waals surface area contributed by atoms with E-state index in [4.69, 9.17) is 19.9 Å². The zero-order valence-corrected chi connectivity index (χ0v) is 37.0. The van der Waals surface area contributed by atoms with Gasteiger partial charge in [-0.15, -0.1) is 0 Å². The van der Waals surface area contributed by atoms with Gasteiger partial charge in [-0.2, -0.15) is 0 Å². The molecule has 4 heterocycles. The first kappa shape index (κ1) is 38.9. The van der Waals surface area contributed by atoms with Gasteiger partial charge in [0.15, 0.2) is 24.6 Å². The summed E-state index contributed by atoms with van der Waals surface area (Å²) in [5.74, 6) is 1.82. The summed E-state index contributed by atoms with van der Waals surface area (Å²) >= 11 is 0. The Hall–Kier alpha value is -8.51. The van der Waals surface area contributed by atoms with Crippen molar-refractivity contribution in [3.63, 3.8) is 0 Å². The molecule has 1 aliphatic rings. The molecule has 8 heteroatoms. The fourth-order valence-electron chi connectivity index (χ4n) is 9.91. The Labute approximate surface area is 386 Å². The SMILES string of the molecule is O=P(c1ccccc1)(c1ccccc1)c1ccc2c(c1)c1cc3c4ccccc4n(-c4cccc(-c5nc(-c6ccccc6)nc(-c6ccccc6)n5)c4)c3cc1c1nc3c(n21)C=CC=CC3. The van der Waals surface area contributed by atoms with Gasteiger partial charge in [-0.1, -0.05) is 170 Å². The number of para-hydroxylation sites is 1. The molecule has 1 aliphatic carbocycles. The van der Waals surface area contributed by atoms with Gasteiger partial charge in [-0.25, -0.2) is 19.9 Å². The van der Waals surface area contributed by atoms with Gasteiger partial charge in [0.1, 0.15) is 5.65 Å². The zero-order valence-electron chi connectivity index (χ0n) is 36.1. The first-order valence-corrected chi connectivity index (χ1v) is 24.2. The predicted molar refractivity (Wildman–Crippen MR) is 276 cm³/mol. The predicted octanol–water partition coefficient (Wildman–Crippen LogP) is 12.7. The van der Waals surface area contributed by atoms with Gasteiger partial charge in [-0.05, 0) is 60.0 Å². The molecule has 0 unspecified atom stereocenters. The summed E-state index contributed by atoms with van der Waals surface area (Å²) in [5, 5.41) is 7.68. The standard InChI is InChI=1S/C59H39N6OP/c66-67(43-25-10-3-11-26-43,44-27-12-4-13-28-44)45-33-34-53-48(36-45)47-37-49-46-29-16-17-31-52(46)64(55(49)38-50(47)59-60-51-30-14-5-15-32-54(51)65(53)59)42-24-18-23-41(35-42)58-62-56(39-19-6-1-7-20-39)61-57(63-58)40-21-8-2-9-22-40/h1-29,31-38H,30H2. The quantitative estimate of drug-likeness (QED) is 0.118. The molecular formula is C59H39N6OP. The van der Waals surface area contributed by atoms with Crippen LogP contribution in [-0.4, -0.2) is 28.9 Å². The van der Waals surface area contributed by atoms with Gasteiger partial charge >= 0.3 is 0 Å². The van der Waals surface area contributed by atoms with Crippen LogP contribution in [0.25, 0.3) is 95.1 Å². The molecule has 316 valence electrons.